The minimum absolute atomic E-state index is 0.201. The van der Waals surface area contributed by atoms with Crippen molar-refractivity contribution in [2.24, 2.45) is 0 Å². The van der Waals surface area contributed by atoms with Gasteiger partial charge in [-0.05, 0) is 24.6 Å². The van der Waals surface area contributed by atoms with Crippen molar-refractivity contribution in [1.29, 1.82) is 0 Å². The third kappa shape index (κ3) is 5.01. The molecule has 1 saturated heterocycles. The number of hydrogen-bond acceptors (Lipinski definition) is 4. The monoisotopic (exact) mass is 367 g/mol. The average Bonchev–Trinajstić information content (AvgIpc) is 2.73. The molecule has 0 atom stereocenters. The van der Waals surface area contributed by atoms with Gasteiger partial charge in [-0.15, -0.1) is 0 Å². The molecule has 1 aliphatic rings. The van der Waals surface area contributed by atoms with Gasteiger partial charge in [0, 0.05) is 39.3 Å². The van der Waals surface area contributed by atoms with E-state index in [1.165, 1.54) is 5.56 Å². The molecule has 0 N–H and O–H groups in total. The van der Waals surface area contributed by atoms with Gasteiger partial charge in [-0.1, -0.05) is 42.5 Å². The van der Waals surface area contributed by atoms with E-state index in [-0.39, 0.29) is 5.91 Å². The lowest BCUT2D eigenvalue weighted by atomic mass is 10.2. The van der Waals surface area contributed by atoms with Crippen LogP contribution in [0.15, 0.2) is 54.6 Å². The molecule has 0 saturated carbocycles. The number of hydrogen-bond donors (Lipinski definition) is 0. The number of nitrogens with zero attached hydrogens (tertiary/aromatic N) is 3. The summed E-state index contributed by atoms with van der Waals surface area (Å²) < 4.78 is 5.48. The number of carbonyl (C=O) groups is 1. The Kier molecular flexibility index (Phi) is 6.71. The van der Waals surface area contributed by atoms with E-state index < -0.39 is 0 Å². The van der Waals surface area contributed by atoms with Crippen molar-refractivity contribution in [3.05, 3.63) is 60.2 Å². The number of carbonyl (C=O) groups excluding carboxylic acids is 1. The molecule has 2 aromatic carbocycles. The van der Waals surface area contributed by atoms with Crippen molar-refractivity contribution in [3.8, 4) is 5.75 Å². The van der Waals surface area contributed by atoms with Gasteiger partial charge in [0.25, 0.3) is 0 Å². The second-order valence-corrected chi connectivity index (χ2v) is 6.83. The van der Waals surface area contributed by atoms with E-state index in [4.69, 9.17) is 4.74 Å². The predicted molar refractivity (Wildman–Crippen MR) is 109 cm³/mol. The highest BCUT2D eigenvalue weighted by atomic mass is 16.5. The fourth-order valence-corrected chi connectivity index (χ4v) is 3.51. The molecule has 0 unspecified atom stereocenters. The Morgan fingerprint density at radius 2 is 1.67 bits per heavy atom. The van der Waals surface area contributed by atoms with Crippen molar-refractivity contribution in [1.82, 2.24) is 9.80 Å². The lowest BCUT2D eigenvalue weighted by molar-refractivity contribution is -0.132. The molecule has 0 aromatic heterocycles. The summed E-state index contributed by atoms with van der Waals surface area (Å²) in [7, 11) is 1.71. The minimum atomic E-state index is 0.201. The van der Waals surface area contributed by atoms with Crippen LogP contribution in [-0.4, -0.2) is 62.1 Å². The smallest absolute Gasteiger partial charge is 0.237 e. The quantitative estimate of drug-likeness (QED) is 0.754. The number of rotatable bonds is 7. The van der Waals surface area contributed by atoms with Crippen LogP contribution in [0.5, 0.6) is 5.75 Å². The van der Waals surface area contributed by atoms with Crippen LogP contribution in [0.25, 0.3) is 0 Å². The Morgan fingerprint density at radius 3 is 2.33 bits per heavy atom. The molecule has 1 aliphatic heterocycles. The van der Waals surface area contributed by atoms with Crippen LogP contribution < -0.4 is 9.64 Å². The first-order chi connectivity index (χ1) is 13.2. The van der Waals surface area contributed by atoms with Gasteiger partial charge >= 0.3 is 0 Å². The highest BCUT2D eigenvalue weighted by Crippen LogP contribution is 2.28. The summed E-state index contributed by atoms with van der Waals surface area (Å²) in [6.45, 7) is 7.50. The molecule has 144 valence electrons. The van der Waals surface area contributed by atoms with Crippen molar-refractivity contribution in [2.75, 3.05) is 51.3 Å². The zero-order valence-electron chi connectivity index (χ0n) is 16.3. The summed E-state index contributed by atoms with van der Waals surface area (Å²) in [5.41, 5.74) is 2.30. The third-order valence-electron chi connectivity index (χ3n) is 5.11. The van der Waals surface area contributed by atoms with Gasteiger partial charge in [0.1, 0.15) is 5.75 Å². The molecule has 0 bridgehead atoms. The van der Waals surface area contributed by atoms with E-state index >= 15 is 0 Å². The van der Waals surface area contributed by atoms with Crippen LogP contribution in [0, 0.1) is 0 Å². The van der Waals surface area contributed by atoms with E-state index in [2.05, 4.69) is 28.0 Å². The first-order valence-electron chi connectivity index (χ1n) is 9.63. The molecule has 1 amide bonds. The normalized spacial score (nSPS) is 14.8. The van der Waals surface area contributed by atoms with Crippen LogP contribution in [0.4, 0.5) is 5.69 Å². The molecule has 1 fully saturated rings. The number of amides is 1. The standard InChI is InChI=1S/C22H29N3O2/c1-3-24(17-19-9-5-4-6-10-19)22(26)18-23-13-15-25(16-14-23)20-11-7-8-12-21(20)27-2/h4-12H,3,13-18H2,1-2H3. The van der Waals surface area contributed by atoms with E-state index in [1.54, 1.807) is 7.11 Å². The zero-order valence-corrected chi connectivity index (χ0v) is 16.3. The van der Waals surface area contributed by atoms with Crippen molar-refractivity contribution < 1.29 is 9.53 Å². The summed E-state index contributed by atoms with van der Waals surface area (Å²) in [6.07, 6.45) is 0. The van der Waals surface area contributed by atoms with E-state index in [0.717, 1.165) is 44.2 Å². The maximum atomic E-state index is 12.7. The highest BCUT2D eigenvalue weighted by molar-refractivity contribution is 5.78. The molecule has 0 aliphatic carbocycles. The molecule has 5 heteroatoms. The largest absolute Gasteiger partial charge is 0.495 e. The van der Waals surface area contributed by atoms with E-state index in [0.29, 0.717) is 13.1 Å². The van der Waals surface area contributed by atoms with Crippen LogP contribution in [0.3, 0.4) is 0 Å². The highest BCUT2D eigenvalue weighted by Gasteiger charge is 2.22. The van der Waals surface area contributed by atoms with Crippen LogP contribution in [0.2, 0.25) is 0 Å². The fourth-order valence-electron chi connectivity index (χ4n) is 3.51. The van der Waals surface area contributed by atoms with Gasteiger partial charge in [0.2, 0.25) is 5.91 Å². The van der Waals surface area contributed by atoms with Crippen LogP contribution in [-0.2, 0) is 11.3 Å². The van der Waals surface area contributed by atoms with Crippen molar-refractivity contribution in [2.45, 2.75) is 13.5 Å². The Morgan fingerprint density at radius 1 is 1.00 bits per heavy atom. The Bertz CT molecular complexity index is 727. The molecule has 0 spiro atoms. The molecular formula is C22H29N3O2. The van der Waals surface area contributed by atoms with Crippen LogP contribution >= 0.6 is 0 Å². The molecule has 1 heterocycles. The van der Waals surface area contributed by atoms with Gasteiger partial charge < -0.3 is 14.5 Å². The summed E-state index contributed by atoms with van der Waals surface area (Å²) in [6, 6.07) is 18.3. The lowest BCUT2D eigenvalue weighted by Crippen LogP contribution is -2.50. The number of methoxy groups -OCH3 is 1. The summed E-state index contributed by atoms with van der Waals surface area (Å²) in [5.74, 6) is 1.11. The predicted octanol–water partition coefficient (Wildman–Crippen LogP) is 2.87. The lowest BCUT2D eigenvalue weighted by Gasteiger charge is -2.37. The first kappa shape index (κ1) is 19.2. The van der Waals surface area contributed by atoms with E-state index in [9.17, 15) is 4.79 Å². The maximum Gasteiger partial charge on any atom is 0.237 e. The molecule has 0 radical (unpaired) electrons. The van der Waals surface area contributed by atoms with Crippen molar-refractivity contribution in [3.63, 3.8) is 0 Å². The third-order valence-corrected chi connectivity index (χ3v) is 5.11. The van der Waals surface area contributed by atoms with E-state index in [1.807, 2.05) is 48.2 Å². The number of benzene rings is 2. The average molecular weight is 367 g/mol. The summed E-state index contributed by atoms with van der Waals surface area (Å²) >= 11 is 0. The number of para-hydroxylation sites is 2. The Balaban J connectivity index is 1.53. The topological polar surface area (TPSA) is 36.0 Å². The number of piperazine rings is 1. The van der Waals surface area contributed by atoms with Crippen LogP contribution in [0.1, 0.15) is 12.5 Å². The summed E-state index contributed by atoms with van der Waals surface area (Å²) in [4.78, 5) is 19.3. The van der Waals surface area contributed by atoms with Gasteiger partial charge in [-0.3, -0.25) is 9.69 Å². The first-order valence-corrected chi connectivity index (χ1v) is 9.63. The Hall–Kier alpha value is -2.53. The fraction of sp³-hybridized carbons (Fsp3) is 0.409. The minimum Gasteiger partial charge on any atom is -0.495 e. The van der Waals surface area contributed by atoms with Gasteiger partial charge in [-0.25, -0.2) is 0 Å². The van der Waals surface area contributed by atoms with Gasteiger partial charge in [0.15, 0.2) is 0 Å². The molecule has 27 heavy (non-hydrogen) atoms. The maximum absolute atomic E-state index is 12.7. The second kappa shape index (κ2) is 9.42. The SMILES string of the molecule is CCN(Cc1ccccc1)C(=O)CN1CCN(c2ccccc2OC)CC1. The van der Waals surface area contributed by atoms with Crippen molar-refractivity contribution >= 4 is 11.6 Å². The van der Waals surface area contributed by atoms with Gasteiger partial charge in [0.05, 0.1) is 19.3 Å². The molecule has 5 nitrogen and oxygen atoms in total. The summed E-state index contributed by atoms with van der Waals surface area (Å²) in [5, 5.41) is 0. The second-order valence-electron chi connectivity index (χ2n) is 6.83. The number of ether oxygens (including phenoxy) is 1. The number of likely N-dealkylation sites (N-methyl/N-ethyl adjacent to an activating group) is 1. The molecule has 2 aromatic rings. The zero-order chi connectivity index (χ0) is 19.1. The molecule has 3 rings (SSSR count). The molecular weight excluding hydrogens is 338 g/mol. The Labute approximate surface area is 162 Å². The number of anilines is 1. The van der Waals surface area contributed by atoms with Gasteiger partial charge in [-0.2, -0.15) is 0 Å².